The summed E-state index contributed by atoms with van der Waals surface area (Å²) in [5.41, 5.74) is 0.474. The van der Waals surface area contributed by atoms with Crippen molar-refractivity contribution in [1.82, 2.24) is 4.90 Å². The Bertz CT molecular complexity index is 113. The van der Waals surface area contributed by atoms with Crippen molar-refractivity contribution in [1.29, 1.82) is 0 Å². The highest BCUT2D eigenvalue weighted by Gasteiger charge is 2.13. The summed E-state index contributed by atoms with van der Waals surface area (Å²) in [5.74, 6) is 0. The lowest BCUT2D eigenvalue weighted by atomic mass is 9.92. The lowest BCUT2D eigenvalue weighted by Crippen LogP contribution is -2.31. The molecule has 0 aliphatic heterocycles. The quantitative estimate of drug-likeness (QED) is 0.628. The highest BCUT2D eigenvalue weighted by molar-refractivity contribution is 4.67. The summed E-state index contributed by atoms with van der Waals surface area (Å²) in [6.07, 6.45) is 2.54. The first-order valence-corrected chi connectivity index (χ1v) is 5.07. The number of hydrogen-bond donors (Lipinski definition) is 0. The Balaban J connectivity index is 3.64. The Morgan fingerprint density at radius 1 is 1.25 bits per heavy atom. The summed E-state index contributed by atoms with van der Waals surface area (Å²) in [4.78, 5) is 2.45. The fraction of sp³-hybridized carbons (Fsp3) is 1.00. The van der Waals surface area contributed by atoms with Gasteiger partial charge >= 0.3 is 0 Å². The first-order valence-electron chi connectivity index (χ1n) is 5.07. The van der Waals surface area contributed by atoms with Crippen molar-refractivity contribution in [3.63, 3.8) is 0 Å². The molecule has 0 saturated heterocycles. The molecule has 0 aliphatic carbocycles. The molecule has 0 fully saturated rings. The molecule has 1 nitrogen and oxygen atoms in total. The van der Waals surface area contributed by atoms with E-state index in [1.807, 2.05) is 0 Å². The lowest BCUT2D eigenvalue weighted by Gasteiger charge is -2.27. The van der Waals surface area contributed by atoms with Crippen molar-refractivity contribution < 1.29 is 0 Å². The normalized spacial score (nSPS) is 15.2. The molecule has 0 aromatic rings. The molecule has 0 aliphatic rings. The van der Waals surface area contributed by atoms with Gasteiger partial charge in [0.15, 0.2) is 0 Å². The summed E-state index contributed by atoms with van der Waals surface area (Å²) < 4.78 is 0. The lowest BCUT2D eigenvalue weighted by molar-refractivity contribution is 0.213. The maximum atomic E-state index is 2.45. The van der Waals surface area contributed by atoms with Gasteiger partial charge in [0.05, 0.1) is 0 Å². The topological polar surface area (TPSA) is 3.24 Å². The smallest absolute Gasteiger partial charge is 0.00612 e. The van der Waals surface area contributed by atoms with Crippen LogP contribution >= 0.6 is 0 Å². The van der Waals surface area contributed by atoms with Gasteiger partial charge in [0, 0.05) is 6.04 Å². The summed E-state index contributed by atoms with van der Waals surface area (Å²) >= 11 is 0. The predicted molar refractivity (Wildman–Crippen MR) is 56.5 cm³/mol. The zero-order chi connectivity index (χ0) is 9.78. The summed E-state index contributed by atoms with van der Waals surface area (Å²) in [7, 11) is 2.22. The monoisotopic (exact) mass is 171 g/mol. The fourth-order valence-corrected chi connectivity index (χ4v) is 1.04. The molecule has 0 bridgehead atoms. The summed E-state index contributed by atoms with van der Waals surface area (Å²) in [6, 6.07) is 0.729. The molecule has 0 spiro atoms. The van der Waals surface area contributed by atoms with E-state index in [1.54, 1.807) is 0 Å². The largest absolute Gasteiger partial charge is 0.304 e. The third kappa shape index (κ3) is 5.59. The first kappa shape index (κ1) is 12.0. The van der Waals surface area contributed by atoms with Gasteiger partial charge in [-0.2, -0.15) is 0 Å². The van der Waals surface area contributed by atoms with Crippen molar-refractivity contribution in [3.05, 3.63) is 0 Å². The van der Waals surface area contributed by atoms with Gasteiger partial charge in [-0.3, -0.25) is 0 Å². The standard InChI is InChI=1S/C11H25N/c1-7-10(2)12(6)9-8-11(3,4)5/h10H,7-9H2,1-6H3. The molecule has 0 heterocycles. The minimum absolute atomic E-state index is 0.474. The molecule has 74 valence electrons. The molecule has 1 heteroatoms. The van der Waals surface area contributed by atoms with Gasteiger partial charge in [0.25, 0.3) is 0 Å². The first-order chi connectivity index (χ1) is 5.37. The van der Waals surface area contributed by atoms with E-state index in [4.69, 9.17) is 0 Å². The average Bonchev–Trinajstić information content (AvgIpc) is 1.97. The zero-order valence-corrected chi connectivity index (χ0v) is 9.65. The molecule has 0 aromatic heterocycles. The van der Waals surface area contributed by atoms with Gasteiger partial charge in [-0.1, -0.05) is 27.7 Å². The second-order valence-electron chi connectivity index (χ2n) is 5.05. The third-order valence-electron chi connectivity index (χ3n) is 2.56. The van der Waals surface area contributed by atoms with Gasteiger partial charge in [0.1, 0.15) is 0 Å². The van der Waals surface area contributed by atoms with Crippen LogP contribution in [0.4, 0.5) is 0 Å². The number of nitrogens with zero attached hydrogens (tertiary/aromatic N) is 1. The Kier molecular flexibility index (Phi) is 4.84. The van der Waals surface area contributed by atoms with Crippen LogP contribution < -0.4 is 0 Å². The third-order valence-corrected chi connectivity index (χ3v) is 2.56. The van der Waals surface area contributed by atoms with Crippen LogP contribution in [0.3, 0.4) is 0 Å². The van der Waals surface area contributed by atoms with E-state index in [1.165, 1.54) is 19.4 Å². The predicted octanol–water partition coefficient (Wildman–Crippen LogP) is 3.15. The Labute approximate surface area is 78.1 Å². The highest BCUT2D eigenvalue weighted by Crippen LogP contribution is 2.19. The van der Waals surface area contributed by atoms with E-state index in [-0.39, 0.29) is 0 Å². The SMILES string of the molecule is CCC(C)N(C)CCC(C)(C)C. The van der Waals surface area contributed by atoms with Crippen LogP contribution in [0.1, 0.15) is 47.5 Å². The summed E-state index contributed by atoms with van der Waals surface area (Å²) in [6.45, 7) is 12.7. The van der Waals surface area contributed by atoms with Crippen LogP contribution in [-0.2, 0) is 0 Å². The maximum absolute atomic E-state index is 2.45. The molecule has 0 radical (unpaired) electrons. The molecule has 12 heavy (non-hydrogen) atoms. The van der Waals surface area contributed by atoms with E-state index in [9.17, 15) is 0 Å². The van der Waals surface area contributed by atoms with Crippen molar-refractivity contribution in [2.45, 2.75) is 53.5 Å². The molecule has 0 N–H and O–H groups in total. The van der Waals surface area contributed by atoms with Crippen molar-refractivity contribution in [3.8, 4) is 0 Å². The van der Waals surface area contributed by atoms with E-state index in [0.29, 0.717) is 5.41 Å². The zero-order valence-electron chi connectivity index (χ0n) is 9.65. The Morgan fingerprint density at radius 2 is 1.75 bits per heavy atom. The van der Waals surface area contributed by atoms with Crippen molar-refractivity contribution in [2.24, 2.45) is 5.41 Å². The van der Waals surface area contributed by atoms with E-state index >= 15 is 0 Å². The molecule has 0 aromatic carbocycles. The van der Waals surface area contributed by atoms with Crippen molar-refractivity contribution >= 4 is 0 Å². The number of hydrogen-bond acceptors (Lipinski definition) is 1. The molecule has 0 rings (SSSR count). The van der Waals surface area contributed by atoms with E-state index in [2.05, 4.69) is 46.6 Å². The minimum atomic E-state index is 0.474. The van der Waals surface area contributed by atoms with Gasteiger partial charge in [-0.25, -0.2) is 0 Å². The van der Waals surface area contributed by atoms with Gasteiger partial charge in [0.2, 0.25) is 0 Å². The minimum Gasteiger partial charge on any atom is -0.304 e. The van der Waals surface area contributed by atoms with Crippen LogP contribution in [0.15, 0.2) is 0 Å². The Morgan fingerprint density at radius 3 is 2.08 bits per heavy atom. The van der Waals surface area contributed by atoms with E-state index < -0.39 is 0 Å². The molecule has 0 saturated carbocycles. The van der Waals surface area contributed by atoms with Gasteiger partial charge < -0.3 is 4.90 Å². The maximum Gasteiger partial charge on any atom is 0.00612 e. The molecular formula is C11H25N. The Hall–Kier alpha value is -0.0400. The second kappa shape index (κ2) is 4.86. The highest BCUT2D eigenvalue weighted by atomic mass is 15.1. The van der Waals surface area contributed by atoms with Crippen LogP contribution in [0.5, 0.6) is 0 Å². The number of rotatable bonds is 4. The summed E-state index contributed by atoms with van der Waals surface area (Å²) in [5, 5.41) is 0. The molecule has 1 atom stereocenters. The van der Waals surface area contributed by atoms with Gasteiger partial charge in [-0.05, 0) is 38.8 Å². The van der Waals surface area contributed by atoms with E-state index in [0.717, 1.165) is 6.04 Å². The molecular weight excluding hydrogens is 146 g/mol. The fourth-order valence-electron chi connectivity index (χ4n) is 1.04. The van der Waals surface area contributed by atoms with Gasteiger partial charge in [-0.15, -0.1) is 0 Å². The van der Waals surface area contributed by atoms with Crippen LogP contribution in [0, 0.1) is 5.41 Å². The van der Waals surface area contributed by atoms with Crippen molar-refractivity contribution in [2.75, 3.05) is 13.6 Å². The molecule has 0 amide bonds. The second-order valence-corrected chi connectivity index (χ2v) is 5.05. The van der Waals surface area contributed by atoms with Crippen LogP contribution in [-0.4, -0.2) is 24.5 Å². The molecule has 1 unspecified atom stereocenters. The van der Waals surface area contributed by atoms with Crippen LogP contribution in [0.25, 0.3) is 0 Å². The van der Waals surface area contributed by atoms with Crippen LogP contribution in [0.2, 0.25) is 0 Å². The average molecular weight is 171 g/mol.